The lowest BCUT2D eigenvalue weighted by molar-refractivity contribution is -0.119. The van der Waals surface area contributed by atoms with E-state index in [0.717, 1.165) is 5.56 Å². The number of ether oxygens (including phenoxy) is 2. The molecule has 120 valence electrons. The van der Waals surface area contributed by atoms with E-state index in [2.05, 4.69) is 0 Å². The topological polar surface area (TPSA) is 64.8 Å². The third kappa shape index (κ3) is 3.27. The Morgan fingerprint density at radius 3 is 2.78 bits per heavy atom. The number of nitrogens with two attached hydrogens (primary N) is 1. The molecule has 0 aliphatic carbocycles. The molecule has 1 aliphatic rings. The fourth-order valence-electron chi connectivity index (χ4n) is 2.34. The number of likely N-dealkylation sites (N-methyl/N-ethyl adjacent to an activating group) is 1. The largest absolute Gasteiger partial charge is 0.489 e. The van der Waals surface area contributed by atoms with Gasteiger partial charge in [-0.15, -0.1) is 0 Å². The maximum Gasteiger partial charge on any atom is 0.247 e. The predicted octanol–water partition coefficient (Wildman–Crippen LogP) is 2.09. The second-order valence-electron chi connectivity index (χ2n) is 5.36. The van der Waals surface area contributed by atoms with Crippen molar-refractivity contribution in [2.75, 3.05) is 18.6 Å². The van der Waals surface area contributed by atoms with Gasteiger partial charge >= 0.3 is 0 Å². The molecule has 0 aromatic heterocycles. The number of hydrogen-bond donors (Lipinski definition) is 1. The van der Waals surface area contributed by atoms with Gasteiger partial charge in [0.1, 0.15) is 36.6 Å². The number of benzene rings is 2. The van der Waals surface area contributed by atoms with E-state index in [9.17, 15) is 9.18 Å². The van der Waals surface area contributed by atoms with E-state index in [0.29, 0.717) is 23.8 Å². The molecule has 2 aromatic carbocycles. The van der Waals surface area contributed by atoms with Gasteiger partial charge in [0, 0.05) is 13.1 Å². The van der Waals surface area contributed by atoms with Crippen molar-refractivity contribution in [2.45, 2.75) is 12.6 Å². The summed E-state index contributed by atoms with van der Waals surface area (Å²) in [6.45, 7) is 0.447. The summed E-state index contributed by atoms with van der Waals surface area (Å²) in [4.78, 5) is 13.5. The Balaban J connectivity index is 1.78. The van der Waals surface area contributed by atoms with Crippen LogP contribution in [0.4, 0.5) is 10.1 Å². The minimum Gasteiger partial charge on any atom is -0.489 e. The Bertz CT molecular complexity index is 718. The van der Waals surface area contributed by atoms with Gasteiger partial charge in [-0.1, -0.05) is 12.1 Å². The number of carbonyl (C=O) groups is 1. The van der Waals surface area contributed by atoms with Crippen LogP contribution in [0.15, 0.2) is 42.5 Å². The molecular formula is C17H17FN2O3. The fourth-order valence-corrected chi connectivity index (χ4v) is 2.34. The average molecular weight is 316 g/mol. The highest BCUT2D eigenvalue weighted by Crippen LogP contribution is 2.34. The number of hydrogen-bond acceptors (Lipinski definition) is 4. The molecule has 0 spiro atoms. The van der Waals surface area contributed by atoms with Crippen LogP contribution in [0.25, 0.3) is 0 Å². The first-order valence-corrected chi connectivity index (χ1v) is 7.22. The summed E-state index contributed by atoms with van der Waals surface area (Å²) >= 11 is 0. The third-order valence-electron chi connectivity index (χ3n) is 3.68. The van der Waals surface area contributed by atoms with E-state index in [1.807, 2.05) is 0 Å². The standard InChI is InChI=1S/C17H17FN2O3/c1-20-15-8-13(22-9-11-2-4-12(18)5-3-11)6-7-16(15)23-10-14(19)17(20)21/h2-8,14H,9-10,19H2,1H3/t14-/m0/s1. The van der Waals surface area contributed by atoms with Gasteiger partial charge in [-0.2, -0.15) is 0 Å². The van der Waals surface area contributed by atoms with Crippen molar-refractivity contribution in [3.8, 4) is 11.5 Å². The lowest BCUT2D eigenvalue weighted by Gasteiger charge is -2.18. The molecule has 5 nitrogen and oxygen atoms in total. The molecule has 0 unspecified atom stereocenters. The maximum atomic E-state index is 12.9. The monoisotopic (exact) mass is 316 g/mol. The number of halogens is 1. The van der Waals surface area contributed by atoms with Crippen molar-refractivity contribution in [1.82, 2.24) is 0 Å². The van der Waals surface area contributed by atoms with Crippen LogP contribution in [0.5, 0.6) is 11.5 Å². The predicted molar refractivity (Wildman–Crippen MR) is 84.1 cm³/mol. The van der Waals surface area contributed by atoms with Crippen LogP contribution >= 0.6 is 0 Å². The van der Waals surface area contributed by atoms with Crippen molar-refractivity contribution >= 4 is 11.6 Å². The third-order valence-corrected chi connectivity index (χ3v) is 3.68. The number of fused-ring (bicyclic) bond motifs is 1. The van der Waals surface area contributed by atoms with E-state index < -0.39 is 6.04 Å². The number of rotatable bonds is 3. The number of nitrogens with zero attached hydrogens (tertiary/aromatic N) is 1. The van der Waals surface area contributed by atoms with Gasteiger partial charge in [0.05, 0.1) is 5.69 Å². The highest BCUT2D eigenvalue weighted by molar-refractivity contribution is 5.98. The summed E-state index contributed by atoms with van der Waals surface area (Å²) in [5.74, 6) is 0.682. The zero-order chi connectivity index (χ0) is 16.4. The SMILES string of the molecule is CN1C(=O)[C@@H](N)COc2ccc(OCc3ccc(F)cc3)cc21. The molecule has 0 bridgehead atoms. The maximum absolute atomic E-state index is 12.9. The van der Waals surface area contributed by atoms with Gasteiger partial charge in [-0.3, -0.25) is 4.79 Å². The average Bonchev–Trinajstić information content (AvgIpc) is 2.67. The van der Waals surface area contributed by atoms with E-state index in [-0.39, 0.29) is 18.3 Å². The molecule has 0 radical (unpaired) electrons. The Morgan fingerprint density at radius 2 is 2.04 bits per heavy atom. The fraction of sp³-hybridized carbons (Fsp3) is 0.235. The number of amides is 1. The second kappa shape index (κ2) is 6.26. The molecule has 3 rings (SSSR count). The molecule has 6 heteroatoms. The summed E-state index contributed by atoms with van der Waals surface area (Å²) in [5, 5.41) is 0. The molecule has 0 saturated carbocycles. The minimum absolute atomic E-state index is 0.145. The summed E-state index contributed by atoms with van der Waals surface area (Å²) < 4.78 is 24.1. The number of anilines is 1. The highest BCUT2D eigenvalue weighted by Gasteiger charge is 2.26. The Hall–Kier alpha value is -2.60. The molecule has 1 amide bonds. The van der Waals surface area contributed by atoms with Gasteiger partial charge in [0.2, 0.25) is 5.91 Å². The van der Waals surface area contributed by atoms with E-state index in [4.69, 9.17) is 15.2 Å². The van der Waals surface area contributed by atoms with Crippen LogP contribution in [0, 0.1) is 5.82 Å². The zero-order valence-electron chi connectivity index (χ0n) is 12.7. The van der Waals surface area contributed by atoms with Crippen molar-refractivity contribution < 1.29 is 18.7 Å². The van der Waals surface area contributed by atoms with Crippen LogP contribution in [0.1, 0.15) is 5.56 Å². The molecule has 1 aliphatic heterocycles. The van der Waals surface area contributed by atoms with Crippen molar-refractivity contribution in [3.05, 3.63) is 53.8 Å². The molecule has 2 aromatic rings. The summed E-state index contributed by atoms with van der Waals surface area (Å²) in [5.41, 5.74) is 7.22. The van der Waals surface area contributed by atoms with Crippen LogP contribution in [-0.4, -0.2) is 25.6 Å². The molecule has 1 atom stereocenters. The van der Waals surface area contributed by atoms with Gasteiger partial charge in [-0.05, 0) is 29.8 Å². The normalized spacial score (nSPS) is 17.3. The van der Waals surface area contributed by atoms with Gasteiger partial charge in [0.15, 0.2) is 0 Å². The lowest BCUT2D eigenvalue weighted by Crippen LogP contribution is -2.43. The second-order valence-corrected chi connectivity index (χ2v) is 5.36. The quantitative estimate of drug-likeness (QED) is 0.942. The molecule has 0 fully saturated rings. The van der Waals surface area contributed by atoms with Crippen LogP contribution in [0.2, 0.25) is 0 Å². The zero-order valence-corrected chi connectivity index (χ0v) is 12.7. The summed E-state index contributed by atoms with van der Waals surface area (Å²) in [6, 6.07) is 10.7. The molecule has 0 saturated heterocycles. The smallest absolute Gasteiger partial charge is 0.247 e. The van der Waals surface area contributed by atoms with Gasteiger partial charge in [-0.25, -0.2) is 4.39 Å². The van der Waals surface area contributed by atoms with Crippen LogP contribution in [0.3, 0.4) is 0 Å². The van der Waals surface area contributed by atoms with Crippen molar-refractivity contribution in [1.29, 1.82) is 0 Å². The van der Waals surface area contributed by atoms with Gasteiger partial charge in [0.25, 0.3) is 0 Å². The molecule has 2 N–H and O–H groups in total. The minimum atomic E-state index is -0.684. The van der Waals surface area contributed by atoms with E-state index in [1.54, 1.807) is 37.4 Å². The van der Waals surface area contributed by atoms with Gasteiger partial charge < -0.3 is 20.1 Å². The van der Waals surface area contributed by atoms with Crippen molar-refractivity contribution in [2.24, 2.45) is 5.73 Å². The first-order chi connectivity index (χ1) is 11.0. The molecule has 1 heterocycles. The molecule has 23 heavy (non-hydrogen) atoms. The molecular weight excluding hydrogens is 299 g/mol. The summed E-state index contributed by atoms with van der Waals surface area (Å²) in [7, 11) is 1.65. The Labute approximate surface area is 133 Å². The Morgan fingerprint density at radius 1 is 1.30 bits per heavy atom. The van der Waals surface area contributed by atoms with E-state index >= 15 is 0 Å². The van der Waals surface area contributed by atoms with Crippen LogP contribution < -0.4 is 20.1 Å². The first kappa shape index (κ1) is 15.3. The lowest BCUT2D eigenvalue weighted by atomic mass is 10.2. The van der Waals surface area contributed by atoms with Crippen molar-refractivity contribution in [3.63, 3.8) is 0 Å². The number of carbonyl (C=O) groups excluding carboxylic acids is 1. The van der Waals surface area contributed by atoms with E-state index in [1.165, 1.54) is 17.0 Å². The highest BCUT2D eigenvalue weighted by atomic mass is 19.1. The first-order valence-electron chi connectivity index (χ1n) is 7.22. The summed E-state index contributed by atoms with van der Waals surface area (Å²) in [6.07, 6.45) is 0. The van der Waals surface area contributed by atoms with Crippen LogP contribution in [-0.2, 0) is 11.4 Å². The Kier molecular flexibility index (Phi) is 4.16.